The van der Waals surface area contributed by atoms with Gasteiger partial charge in [0.2, 0.25) is 0 Å². The van der Waals surface area contributed by atoms with Crippen LogP contribution in [0.5, 0.6) is 0 Å². The third-order valence-corrected chi connectivity index (χ3v) is 4.22. The molecule has 0 bridgehead atoms. The maximum atomic E-state index is 13.6. The van der Waals surface area contributed by atoms with E-state index in [0.717, 1.165) is 35.0 Å². The monoisotopic (exact) mass is 309 g/mol. The highest BCUT2D eigenvalue weighted by atomic mass is 35.5. The molecule has 2 aromatic rings. The van der Waals surface area contributed by atoms with Crippen molar-refractivity contribution >= 4 is 23.4 Å². The minimum Gasteiger partial charge on any atom is -0.313 e. The van der Waals surface area contributed by atoms with Crippen molar-refractivity contribution in [2.24, 2.45) is 0 Å². The summed E-state index contributed by atoms with van der Waals surface area (Å²) in [5.74, 6) is -0.206. The van der Waals surface area contributed by atoms with E-state index in [4.69, 9.17) is 11.6 Å². The van der Waals surface area contributed by atoms with Crippen LogP contribution in [0.2, 0.25) is 5.02 Å². The molecule has 0 aliphatic carbocycles. The Balaban J connectivity index is 2.07. The lowest BCUT2D eigenvalue weighted by molar-refractivity contribution is 0.602. The average molecular weight is 310 g/mol. The molecule has 0 aliphatic heterocycles. The average Bonchev–Trinajstić information content (AvgIpc) is 2.44. The Kier molecular flexibility index (Phi) is 5.89. The maximum absolute atomic E-state index is 13.6. The van der Waals surface area contributed by atoms with Gasteiger partial charge in [0.1, 0.15) is 5.82 Å². The Labute approximate surface area is 128 Å². The Morgan fingerprint density at radius 1 is 1.20 bits per heavy atom. The molecular weight excluding hydrogens is 293 g/mol. The Hall–Kier alpha value is -1.03. The third kappa shape index (κ3) is 4.23. The molecule has 2 aromatic carbocycles. The van der Waals surface area contributed by atoms with Gasteiger partial charge in [-0.15, -0.1) is 0 Å². The summed E-state index contributed by atoms with van der Waals surface area (Å²) < 4.78 is 13.6. The van der Waals surface area contributed by atoms with E-state index in [1.807, 2.05) is 24.3 Å². The van der Waals surface area contributed by atoms with E-state index < -0.39 is 0 Å². The molecule has 106 valence electrons. The Bertz CT molecular complexity index is 574. The lowest BCUT2D eigenvalue weighted by atomic mass is 10.2. The summed E-state index contributed by atoms with van der Waals surface area (Å²) in [5, 5.41) is 4.04. The first-order valence-corrected chi connectivity index (χ1v) is 7.81. The van der Waals surface area contributed by atoms with Gasteiger partial charge in [-0.2, -0.15) is 0 Å². The van der Waals surface area contributed by atoms with Crippen molar-refractivity contribution in [2.75, 3.05) is 6.54 Å². The number of nitrogens with one attached hydrogen (secondary N) is 1. The van der Waals surface area contributed by atoms with Gasteiger partial charge in [-0.25, -0.2) is 4.39 Å². The number of halogens is 2. The summed E-state index contributed by atoms with van der Waals surface area (Å²) in [6, 6.07) is 12.6. The summed E-state index contributed by atoms with van der Waals surface area (Å²) >= 11 is 7.65. The second-order valence-electron chi connectivity index (χ2n) is 4.46. The lowest BCUT2D eigenvalue weighted by Crippen LogP contribution is -2.13. The standard InChI is InChI=1S/C16H17ClFNS/c1-2-9-19-11-12-7-8-13(10-14(12)17)20-16-6-4-3-5-15(16)18/h3-8,10,19H,2,9,11H2,1H3. The Morgan fingerprint density at radius 3 is 2.70 bits per heavy atom. The van der Waals surface area contributed by atoms with E-state index in [9.17, 15) is 4.39 Å². The topological polar surface area (TPSA) is 12.0 Å². The molecule has 0 saturated carbocycles. The fourth-order valence-corrected chi connectivity index (χ4v) is 2.98. The van der Waals surface area contributed by atoms with Gasteiger partial charge in [0.05, 0.1) is 0 Å². The van der Waals surface area contributed by atoms with Gasteiger partial charge in [-0.3, -0.25) is 0 Å². The van der Waals surface area contributed by atoms with E-state index in [1.165, 1.54) is 17.8 Å². The molecule has 0 radical (unpaired) electrons. The fourth-order valence-electron chi connectivity index (χ4n) is 1.79. The van der Waals surface area contributed by atoms with Gasteiger partial charge in [0.25, 0.3) is 0 Å². The van der Waals surface area contributed by atoms with Crippen molar-refractivity contribution in [1.29, 1.82) is 0 Å². The molecule has 0 unspecified atom stereocenters. The second kappa shape index (κ2) is 7.67. The quantitative estimate of drug-likeness (QED) is 0.742. The van der Waals surface area contributed by atoms with Crippen LogP contribution in [0, 0.1) is 5.82 Å². The normalized spacial score (nSPS) is 10.8. The van der Waals surface area contributed by atoms with Gasteiger partial charge in [0, 0.05) is 21.4 Å². The molecule has 0 saturated heterocycles. The zero-order valence-corrected chi connectivity index (χ0v) is 12.9. The molecule has 1 nitrogen and oxygen atoms in total. The summed E-state index contributed by atoms with van der Waals surface area (Å²) in [6.07, 6.45) is 1.10. The summed E-state index contributed by atoms with van der Waals surface area (Å²) in [6.45, 7) is 3.86. The molecule has 1 N–H and O–H groups in total. The Morgan fingerprint density at radius 2 is 2.00 bits per heavy atom. The van der Waals surface area contributed by atoms with Crippen LogP contribution >= 0.6 is 23.4 Å². The molecule has 0 heterocycles. The SMILES string of the molecule is CCCNCc1ccc(Sc2ccccc2F)cc1Cl. The number of benzene rings is 2. The van der Waals surface area contributed by atoms with Crippen LogP contribution in [-0.2, 0) is 6.54 Å². The largest absolute Gasteiger partial charge is 0.313 e. The summed E-state index contributed by atoms with van der Waals surface area (Å²) in [4.78, 5) is 1.56. The minimum absolute atomic E-state index is 0.206. The van der Waals surface area contributed by atoms with Crippen LogP contribution in [-0.4, -0.2) is 6.54 Å². The number of rotatable bonds is 6. The number of hydrogen-bond donors (Lipinski definition) is 1. The molecule has 4 heteroatoms. The molecule has 20 heavy (non-hydrogen) atoms. The van der Waals surface area contributed by atoms with E-state index >= 15 is 0 Å². The van der Waals surface area contributed by atoms with Gasteiger partial charge in [-0.05, 0) is 42.8 Å². The first-order chi connectivity index (χ1) is 9.70. The van der Waals surface area contributed by atoms with Crippen molar-refractivity contribution in [3.63, 3.8) is 0 Å². The van der Waals surface area contributed by atoms with Crippen molar-refractivity contribution in [1.82, 2.24) is 5.32 Å². The highest BCUT2D eigenvalue weighted by Gasteiger charge is 2.06. The molecule has 0 fully saturated rings. The number of hydrogen-bond acceptors (Lipinski definition) is 2. The minimum atomic E-state index is -0.206. The molecule has 0 amide bonds. The first-order valence-electron chi connectivity index (χ1n) is 6.62. The van der Waals surface area contributed by atoms with Crippen LogP contribution in [0.15, 0.2) is 52.3 Å². The van der Waals surface area contributed by atoms with E-state index in [1.54, 1.807) is 12.1 Å². The van der Waals surface area contributed by atoms with Gasteiger partial charge in [0.15, 0.2) is 0 Å². The zero-order chi connectivity index (χ0) is 14.4. The van der Waals surface area contributed by atoms with Crippen LogP contribution in [0.3, 0.4) is 0 Å². The highest BCUT2D eigenvalue weighted by Crippen LogP contribution is 2.32. The molecule has 0 spiro atoms. The van der Waals surface area contributed by atoms with Crippen LogP contribution in [0.25, 0.3) is 0 Å². The van der Waals surface area contributed by atoms with E-state index in [0.29, 0.717) is 4.90 Å². The van der Waals surface area contributed by atoms with Crippen molar-refractivity contribution in [3.8, 4) is 0 Å². The first kappa shape index (κ1) is 15.4. The predicted molar refractivity (Wildman–Crippen MR) is 84.0 cm³/mol. The molecule has 2 rings (SSSR count). The van der Waals surface area contributed by atoms with E-state index in [2.05, 4.69) is 12.2 Å². The smallest absolute Gasteiger partial charge is 0.137 e. The van der Waals surface area contributed by atoms with Crippen molar-refractivity contribution in [3.05, 3.63) is 58.9 Å². The van der Waals surface area contributed by atoms with Gasteiger partial charge >= 0.3 is 0 Å². The van der Waals surface area contributed by atoms with Gasteiger partial charge in [-0.1, -0.05) is 48.5 Å². The second-order valence-corrected chi connectivity index (χ2v) is 5.99. The molecule has 0 aliphatic rings. The lowest BCUT2D eigenvalue weighted by Gasteiger charge is -2.08. The summed E-state index contributed by atoms with van der Waals surface area (Å²) in [5.41, 5.74) is 1.07. The fraction of sp³-hybridized carbons (Fsp3) is 0.250. The third-order valence-electron chi connectivity index (χ3n) is 2.83. The molecule has 0 aromatic heterocycles. The van der Waals surface area contributed by atoms with Crippen molar-refractivity contribution < 1.29 is 4.39 Å². The highest BCUT2D eigenvalue weighted by molar-refractivity contribution is 7.99. The van der Waals surface area contributed by atoms with Crippen LogP contribution in [0.4, 0.5) is 4.39 Å². The molecule has 0 atom stereocenters. The summed E-state index contributed by atoms with van der Waals surface area (Å²) in [7, 11) is 0. The zero-order valence-electron chi connectivity index (χ0n) is 11.3. The molecular formula is C16H17ClFNS. The van der Waals surface area contributed by atoms with Crippen LogP contribution in [0.1, 0.15) is 18.9 Å². The van der Waals surface area contributed by atoms with Gasteiger partial charge < -0.3 is 5.32 Å². The predicted octanol–water partition coefficient (Wildman–Crippen LogP) is 5.13. The van der Waals surface area contributed by atoms with E-state index in [-0.39, 0.29) is 5.82 Å². The maximum Gasteiger partial charge on any atom is 0.137 e. The van der Waals surface area contributed by atoms with Crippen LogP contribution < -0.4 is 5.32 Å². The van der Waals surface area contributed by atoms with Crippen molar-refractivity contribution in [2.45, 2.75) is 29.7 Å².